The quantitative estimate of drug-likeness (QED) is 0.190. The zero-order chi connectivity index (χ0) is 33.5. The topological polar surface area (TPSA) is 48.8 Å². The number of aromatic nitrogens is 4. The first-order valence-corrected chi connectivity index (χ1v) is 17.2. The first-order chi connectivity index (χ1) is 25.3. The highest BCUT2D eigenvalue weighted by atomic mass is 16.3. The van der Waals surface area contributed by atoms with E-state index in [1.165, 1.54) is 16.2 Å². The van der Waals surface area contributed by atoms with Gasteiger partial charge in [-0.05, 0) is 66.7 Å². The number of furan rings is 1. The first kappa shape index (κ1) is 27.9. The van der Waals surface area contributed by atoms with Crippen LogP contribution in [0.4, 0.5) is 0 Å². The fourth-order valence-corrected chi connectivity index (χ4v) is 7.88. The number of para-hydroxylation sites is 5. The number of hydrogen-bond donors (Lipinski definition) is 0. The van der Waals surface area contributed by atoms with Gasteiger partial charge >= 0.3 is 0 Å². The van der Waals surface area contributed by atoms with Gasteiger partial charge in [-0.3, -0.25) is 0 Å². The van der Waals surface area contributed by atoms with E-state index in [0.717, 1.165) is 72.1 Å². The summed E-state index contributed by atoms with van der Waals surface area (Å²) in [6.45, 7) is 0. The molecule has 5 heteroatoms. The second kappa shape index (κ2) is 10.8. The average Bonchev–Trinajstić information content (AvgIpc) is 3.85. The Hall–Kier alpha value is -6.98. The summed E-state index contributed by atoms with van der Waals surface area (Å²) in [7, 11) is 0. The van der Waals surface area contributed by atoms with Gasteiger partial charge in [0.15, 0.2) is 11.4 Å². The maximum atomic E-state index is 6.55. The molecule has 0 aliphatic rings. The Morgan fingerprint density at radius 1 is 0.392 bits per heavy atom. The van der Waals surface area contributed by atoms with Gasteiger partial charge in [0.05, 0.1) is 22.1 Å². The summed E-state index contributed by atoms with van der Waals surface area (Å²) in [6, 6.07) is 59.6. The molecule has 0 saturated carbocycles. The minimum atomic E-state index is 0.651. The molecule has 0 N–H and O–H groups in total. The van der Waals surface area contributed by atoms with Crippen LogP contribution in [0.1, 0.15) is 0 Å². The molecule has 11 aromatic rings. The van der Waals surface area contributed by atoms with E-state index in [2.05, 4.69) is 161 Å². The largest absolute Gasteiger partial charge is 0.452 e. The van der Waals surface area contributed by atoms with Gasteiger partial charge in [-0.15, -0.1) is 0 Å². The van der Waals surface area contributed by atoms with E-state index in [-0.39, 0.29) is 0 Å². The highest BCUT2D eigenvalue weighted by molar-refractivity contribution is 6.12. The van der Waals surface area contributed by atoms with Gasteiger partial charge in [0.25, 0.3) is 0 Å². The summed E-state index contributed by atoms with van der Waals surface area (Å²) < 4.78 is 11.2. The van der Waals surface area contributed by atoms with E-state index in [1.54, 1.807) is 0 Å². The van der Waals surface area contributed by atoms with Crippen LogP contribution in [-0.2, 0) is 0 Å². The molecule has 5 nitrogen and oxygen atoms in total. The molecular weight excluding hydrogens is 625 g/mol. The molecule has 0 aliphatic heterocycles. The second-order valence-corrected chi connectivity index (χ2v) is 13.0. The van der Waals surface area contributed by atoms with Crippen LogP contribution in [0, 0.1) is 0 Å². The van der Waals surface area contributed by atoms with Crippen LogP contribution in [0.2, 0.25) is 0 Å². The Morgan fingerprint density at radius 2 is 0.961 bits per heavy atom. The Kier molecular flexibility index (Phi) is 5.89. The highest BCUT2D eigenvalue weighted by Crippen LogP contribution is 2.40. The fraction of sp³-hybridized carbons (Fsp3) is 0. The summed E-state index contributed by atoms with van der Waals surface area (Å²) in [6.07, 6.45) is 0. The van der Waals surface area contributed by atoms with E-state index in [0.29, 0.717) is 11.4 Å². The molecule has 4 aromatic heterocycles. The maximum Gasteiger partial charge on any atom is 0.180 e. The molecule has 51 heavy (non-hydrogen) atoms. The minimum absolute atomic E-state index is 0.651. The molecule has 0 aliphatic carbocycles. The predicted molar refractivity (Wildman–Crippen MR) is 209 cm³/mol. The summed E-state index contributed by atoms with van der Waals surface area (Å²) in [5.74, 6) is 0.651. The Balaban J connectivity index is 1.15. The molecule has 0 atom stereocenters. The Bertz CT molecular complexity index is 3090. The van der Waals surface area contributed by atoms with Crippen molar-refractivity contribution >= 4 is 65.7 Å². The molecular formula is C46H28N4O. The molecule has 0 radical (unpaired) electrons. The molecule has 0 saturated heterocycles. The van der Waals surface area contributed by atoms with Gasteiger partial charge in [-0.1, -0.05) is 103 Å². The number of nitrogens with zero attached hydrogens (tertiary/aromatic N) is 4. The molecule has 4 heterocycles. The fourth-order valence-electron chi connectivity index (χ4n) is 7.88. The molecule has 11 rings (SSSR count). The van der Waals surface area contributed by atoms with Gasteiger partial charge in [0, 0.05) is 49.4 Å². The zero-order valence-corrected chi connectivity index (χ0v) is 27.4. The van der Waals surface area contributed by atoms with E-state index in [9.17, 15) is 0 Å². The van der Waals surface area contributed by atoms with Crippen molar-refractivity contribution in [3.8, 4) is 34.0 Å². The average molecular weight is 653 g/mol. The van der Waals surface area contributed by atoms with E-state index >= 15 is 0 Å². The van der Waals surface area contributed by atoms with Crippen LogP contribution < -0.4 is 0 Å². The summed E-state index contributed by atoms with van der Waals surface area (Å²) in [4.78, 5) is 10.5. The minimum Gasteiger partial charge on any atom is -0.452 e. The third-order valence-electron chi connectivity index (χ3n) is 10.1. The lowest BCUT2D eigenvalue weighted by Gasteiger charge is -2.11. The molecule has 238 valence electrons. The molecule has 0 unspecified atom stereocenters. The van der Waals surface area contributed by atoms with Crippen LogP contribution in [-0.4, -0.2) is 19.1 Å². The van der Waals surface area contributed by atoms with Crippen molar-refractivity contribution in [3.05, 3.63) is 170 Å². The van der Waals surface area contributed by atoms with E-state index in [1.807, 2.05) is 18.2 Å². The van der Waals surface area contributed by atoms with Gasteiger partial charge in [-0.25, -0.2) is 9.97 Å². The zero-order valence-electron chi connectivity index (χ0n) is 27.4. The normalized spacial score (nSPS) is 11.9. The molecule has 0 spiro atoms. The van der Waals surface area contributed by atoms with Crippen LogP contribution in [0.5, 0.6) is 0 Å². The SMILES string of the molecule is c1ccc(-n2c3ccccc3c3cc(-c4nc(-c5cccc(-n6c7ccccc7c7ccccc76)c5)nc5c4oc4ccccc45)ccc32)cc1. The second-order valence-electron chi connectivity index (χ2n) is 13.0. The van der Waals surface area contributed by atoms with Crippen LogP contribution in [0.15, 0.2) is 174 Å². The van der Waals surface area contributed by atoms with Crippen LogP contribution in [0.25, 0.3) is 99.7 Å². The lowest BCUT2D eigenvalue weighted by molar-refractivity contribution is 0.667. The standard InChI is InChI=1S/C46H28N4O/c1-2-14-31(15-3-1)49-40-23-10-6-19-35(40)37-28-29(25-26-41(37)49)43-45-44(36-20-7-11-24-42(36)51-45)48-46(47-43)30-13-12-16-32(27-30)50-38-21-8-4-17-33(38)34-18-5-9-22-39(34)50/h1-28H. The number of hydrogen-bond acceptors (Lipinski definition) is 3. The maximum absolute atomic E-state index is 6.55. The van der Waals surface area contributed by atoms with Crippen molar-refractivity contribution in [1.29, 1.82) is 0 Å². The molecule has 7 aromatic carbocycles. The third kappa shape index (κ3) is 4.15. The molecule has 0 bridgehead atoms. The monoisotopic (exact) mass is 652 g/mol. The third-order valence-corrected chi connectivity index (χ3v) is 10.1. The molecule has 0 fully saturated rings. The number of rotatable bonds is 4. The smallest absolute Gasteiger partial charge is 0.180 e. The van der Waals surface area contributed by atoms with Crippen molar-refractivity contribution in [1.82, 2.24) is 19.1 Å². The van der Waals surface area contributed by atoms with Crippen molar-refractivity contribution in [2.24, 2.45) is 0 Å². The Morgan fingerprint density at radius 3 is 1.69 bits per heavy atom. The highest BCUT2D eigenvalue weighted by Gasteiger charge is 2.21. The lowest BCUT2D eigenvalue weighted by atomic mass is 10.1. The Labute approximate surface area is 292 Å². The van der Waals surface area contributed by atoms with E-state index < -0.39 is 0 Å². The van der Waals surface area contributed by atoms with Crippen molar-refractivity contribution < 1.29 is 4.42 Å². The molecule has 0 amide bonds. The van der Waals surface area contributed by atoms with Crippen LogP contribution >= 0.6 is 0 Å². The predicted octanol–water partition coefficient (Wildman–Crippen LogP) is 11.9. The number of fused-ring (bicyclic) bond motifs is 9. The first-order valence-electron chi connectivity index (χ1n) is 17.2. The summed E-state index contributed by atoms with van der Waals surface area (Å²) >= 11 is 0. The van der Waals surface area contributed by atoms with E-state index in [4.69, 9.17) is 14.4 Å². The van der Waals surface area contributed by atoms with Gasteiger partial charge in [0.1, 0.15) is 16.8 Å². The van der Waals surface area contributed by atoms with Crippen molar-refractivity contribution in [2.75, 3.05) is 0 Å². The lowest BCUT2D eigenvalue weighted by Crippen LogP contribution is -1.97. The summed E-state index contributed by atoms with van der Waals surface area (Å²) in [5, 5.41) is 5.77. The van der Waals surface area contributed by atoms with Gasteiger partial charge in [0.2, 0.25) is 0 Å². The van der Waals surface area contributed by atoms with Gasteiger partial charge < -0.3 is 13.6 Å². The van der Waals surface area contributed by atoms with Gasteiger partial charge in [-0.2, -0.15) is 0 Å². The summed E-state index contributed by atoms with van der Waals surface area (Å²) in [5.41, 5.74) is 11.8. The van der Waals surface area contributed by atoms with Crippen molar-refractivity contribution in [3.63, 3.8) is 0 Å². The number of benzene rings is 7. The van der Waals surface area contributed by atoms with Crippen LogP contribution in [0.3, 0.4) is 0 Å². The van der Waals surface area contributed by atoms with Crippen molar-refractivity contribution in [2.45, 2.75) is 0 Å².